The highest BCUT2D eigenvalue weighted by atomic mass is 19.4. The molecule has 0 aliphatic carbocycles. The van der Waals surface area contributed by atoms with Gasteiger partial charge in [-0.05, 0) is 19.1 Å². The second-order valence-electron chi connectivity index (χ2n) is 4.22. The van der Waals surface area contributed by atoms with Crippen molar-refractivity contribution in [3.05, 3.63) is 30.3 Å². The summed E-state index contributed by atoms with van der Waals surface area (Å²) in [5.74, 6) is 0. The van der Waals surface area contributed by atoms with Crippen LogP contribution in [0.3, 0.4) is 0 Å². The maximum Gasteiger partial charge on any atom is 0.426 e. The molecular weight excluding hydrogens is 288 g/mol. The van der Waals surface area contributed by atoms with Crippen molar-refractivity contribution < 1.29 is 31.4 Å². The highest BCUT2D eigenvalue weighted by molar-refractivity contribution is 5.85. The normalized spacial score (nSPS) is 14.5. The van der Waals surface area contributed by atoms with Crippen LogP contribution < -0.4 is 0 Å². The van der Waals surface area contributed by atoms with Gasteiger partial charge in [0.25, 0.3) is 5.60 Å². The van der Waals surface area contributed by atoms with Gasteiger partial charge in [-0.1, -0.05) is 18.2 Å². The number of rotatable bonds is 3. The second kappa shape index (κ2) is 5.43. The summed E-state index contributed by atoms with van der Waals surface area (Å²) in [6.45, 7) is 0.995. The van der Waals surface area contributed by atoms with Crippen LogP contribution in [0.2, 0.25) is 0 Å². The third-order valence-electron chi connectivity index (χ3n) is 2.53. The molecule has 0 heterocycles. The van der Waals surface area contributed by atoms with Gasteiger partial charge in [0.1, 0.15) is 0 Å². The van der Waals surface area contributed by atoms with Crippen molar-refractivity contribution in [2.24, 2.45) is 4.99 Å². The summed E-state index contributed by atoms with van der Waals surface area (Å²) in [6.07, 6.45) is -13.3. The van der Waals surface area contributed by atoms with Crippen LogP contribution in [-0.4, -0.2) is 28.8 Å². The maximum atomic E-state index is 12.5. The lowest BCUT2D eigenvalue weighted by Gasteiger charge is -2.32. The molecule has 0 saturated carbocycles. The molecule has 0 atom stereocenters. The Labute approximate surface area is 110 Å². The van der Waals surface area contributed by atoms with E-state index in [1.807, 2.05) is 0 Å². The van der Waals surface area contributed by atoms with E-state index in [2.05, 4.69) is 4.99 Å². The summed E-state index contributed by atoms with van der Waals surface area (Å²) in [5, 5.41) is 9.00. The van der Waals surface area contributed by atoms with Crippen molar-refractivity contribution in [1.82, 2.24) is 0 Å². The molecule has 0 spiro atoms. The van der Waals surface area contributed by atoms with Crippen LogP contribution >= 0.6 is 0 Å². The predicted molar refractivity (Wildman–Crippen MR) is 60.9 cm³/mol. The molecule has 0 amide bonds. The van der Waals surface area contributed by atoms with Crippen molar-refractivity contribution >= 4 is 11.4 Å². The fraction of sp³-hybridized carbons (Fsp3) is 0.417. The first kappa shape index (κ1) is 16.5. The summed E-state index contributed by atoms with van der Waals surface area (Å²) in [5.41, 5.74) is -5.08. The number of para-hydroxylation sites is 1. The summed E-state index contributed by atoms with van der Waals surface area (Å²) >= 11 is 0. The van der Waals surface area contributed by atoms with Crippen molar-refractivity contribution in [3.63, 3.8) is 0 Å². The minimum Gasteiger partial charge on any atom is -0.373 e. The van der Waals surface area contributed by atoms with E-state index in [0.717, 1.165) is 6.92 Å². The molecule has 112 valence electrons. The summed E-state index contributed by atoms with van der Waals surface area (Å²) in [6, 6.07) is 7.53. The van der Waals surface area contributed by atoms with Crippen LogP contribution in [-0.2, 0) is 0 Å². The zero-order chi connectivity index (χ0) is 15.6. The van der Waals surface area contributed by atoms with Crippen LogP contribution in [0.5, 0.6) is 0 Å². The molecule has 0 fully saturated rings. The molecule has 0 bridgehead atoms. The lowest BCUT2D eigenvalue weighted by atomic mass is 9.95. The molecule has 1 N–H and O–H groups in total. The number of aliphatic hydroxyl groups is 1. The topological polar surface area (TPSA) is 32.6 Å². The Morgan fingerprint density at radius 2 is 1.45 bits per heavy atom. The SMILES string of the molecule is CC(CC(O)(C(F)(F)F)C(F)(F)F)=Nc1ccccc1. The van der Waals surface area contributed by atoms with Gasteiger partial charge in [0.15, 0.2) is 0 Å². The number of hydrogen-bond acceptors (Lipinski definition) is 2. The van der Waals surface area contributed by atoms with Crippen LogP contribution in [0.4, 0.5) is 32.0 Å². The summed E-state index contributed by atoms with van der Waals surface area (Å²) in [4.78, 5) is 3.63. The zero-order valence-electron chi connectivity index (χ0n) is 10.3. The molecule has 1 rings (SSSR count). The van der Waals surface area contributed by atoms with E-state index in [4.69, 9.17) is 5.11 Å². The van der Waals surface area contributed by atoms with E-state index < -0.39 is 30.1 Å². The molecule has 0 aromatic heterocycles. The lowest BCUT2D eigenvalue weighted by Crippen LogP contribution is -2.57. The Morgan fingerprint density at radius 3 is 1.85 bits per heavy atom. The Morgan fingerprint density at radius 1 is 1.00 bits per heavy atom. The minimum absolute atomic E-state index is 0.205. The Balaban J connectivity index is 3.07. The number of nitrogens with zero attached hydrogens (tertiary/aromatic N) is 1. The van der Waals surface area contributed by atoms with Crippen LogP contribution in [0.1, 0.15) is 13.3 Å². The molecule has 0 aliphatic heterocycles. The van der Waals surface area contributed by atoms with Crippen molar-refractivity contribution in [3.8, 4) is 0 Å². The molecule has 1 aromatic rings. The van der Waals surface area contributed by atoms with E-state index in [1.165, 1.54) is 24.3 Å². The van der Waals surface area contributed by atoms with E-state index in [-0.39, 0.29) is 5.69 Å². The fourth-order valence-corrected chi connectivity index (χ4v) is 1.49. The van der Waals surface area contributed by atoms with Gasteiger partial charge >= 0.3 is 12.4 Å². The monoisotopic (exact) mass is 299 g/mol. The largest absolute Gasteiger partial charge is 0.426 e. The third kappa shape index (κ3) is 3.50. The second-order valence-corrected chi connectivity index (χ2v) is 4.22. The van der Waals surface area contributed by atoms with Crippen molar-refractivity contribution in [2.45, 2.75) is 31.3 Å². The molecule has 20 heavy (non-hydrogen) atoms. The fourth-order valence-electron chi connectivity index (χ4n) is 1.49. The van der Waals surface area contributed by atoms with Crippen molar-refractivity contribution in [2.75, 3.05) is 0 Å². The average Bonchev–Trinajstić information content (AvgIpc) is 2.26. The molecule has 0 saturated heterocycles. The molecule has 2 nitrogen and oxygen atoms in total. The maximum absolute atomic E-state index is 12.5. The first-order valence-electron chi connectivity index (χ1n) is 5.42. The van der Waals surface area contributed by atoms with E-state index >= 15 is 0 Å². The molecule has 8 heteroatoms. The third-order valence-corrected chi connectivity index (χ3v) is 2.53. The number of alkyl halides is 6. The first-order valence-corrected chi connectivity index (χ1v) is 5.42. The number of hydrogen-bond donors (Lipinski definition) is 1. The predicted octanol–water partition coefficient (Wildman–Crippen LogP) is 4.02. The summed E-state index contributed by atoms with van der Waals surface area (Å²) in [7, 11) is 0. The van der Waals surface area contributed by atoms with E-state index in [1.54, 1.807) is 6.07 Å². The lowest BCUT2D eigenvalue weighted by molar-refractivity contribution is -0.365. The van der Waals surface area contributed by atoms with Gasteiger partial charge in [-0.3, -0.25) is 4.99 Å². The Bertz CT molecular complexity index is 463. The van der Waals surface area contributed by atoms with E-state index in [0.29, 0.717) is 0 Å². The van der Waals surface area contributed by atoms with Crippen molar-refractivity contribution in [1.29, 1.82) is 0 Å². The molecular formula is C12H11F6NO. The van der Waals surface area contributed by atoms with Gasteiger partial charge in [-0.25, -0.2) is 0 Å². The molecule has 0 unspecified atom stereocenters. The minimum atomic E-state index is -5.83. The first-order chi connectivity index (χ1) is 8.97. The van der Waals surface area contributed by atoms with Crippen LogP contribution in [0.15, 0.2) is 35.3 Å². The number of halogens is 6. The standard InChI is InChI=1S/C12H11F6NO/c1-8(19-9-5-3-2-4-6-9)7-10(20,11(13,14)15)12(16,17)18/h2-6,20H,7H2,1H3. The highest BCUT2D eigenvalue weighted by Crippen LogP contribution is 2.45. The molecule has 1 aromatic carbocycles. The number of benzene rings is 1. The van der Waals surface area contributed by atoms with Crippen LogP contribution in [0.25, 0.3) is 0 Å². The Hall–Kier alpha value is -1.57. The van der Waals surface area contributed by atoms with Gasteiger partial charge in [0, 0.05) is 12.1 Å². The molecule has 0 aliphatic rings. The van der Waals surface area contributed by atoms with E-state index in [9.17, 15) is 26.3 Å². The zero-order valence-corrected chi connectivity index (χ0v) is 10.3. The smallest absolute Gasteiger partial charge is 0.373 e. The average molecular weight is 299 g/mol. The van der Waals surface area contributed by atoms with Gasteiger partial charge in [-0.15, -0.1) is 0 Å². The molecule has 0 radical (unpaired) electrons. The Kier molecular flexibility index (Phi) is 4.48. The van der Waals surface area contributed by atoms with Gasteiger partial charge in [0.2, 0.25) is 0 Å². The summed E-state index contributed by atoms with van der Waals surface area (Å²) < 4.78 is 74.8. The van der Waals surface area contributed by atoms with Crippen LogP contribution in [0, 0.1) is 0 Å². The number of aliphatic imine (C=N–C) groups is 1. The quantitative estimate of drug-likeness (QED) is 0.663. The van der Waals surface area contributed by atoms with Gasteiger partial charge in [0.05, 0.1) is 5.69 Å². The van der Waals surface area contributed by atoms with Gasteiger partial charge in [-0.2, -0.15) is 26.3 Å². The van der Waals surface area contributed by atoms with Gasteiger partial charge < -0.3 is 5.11 Å². The highest BCUT2D eigenvalue weighted by Gasteiger charge is 2.70.